The minimum Gasteiger partial charge on any atom is -0.390 e. The molecule has 5 nitrogen and oxygen atoms in total. The molecule has 2 aromatic rings. The van der Waals surface area contributed by atoms with E-state index in [1.807, 2.05) is 0 Å². The highest BCUT2D eigenvalue weighted by molar-refractivity contribution is 5.98. The third kappa shape index (κ3) is 2.50. The van der Waals surface area contributed by atoms with Crippen LogP contribution < -0.4 is 5.32 Å². The maximum atomic E-state index is 13.6. The van der Waals surface area contributed by atoms with Gasteiger partial charge in [0.25, 0.3) is 5.91 Å². The molecule has 1 amide bonds. The van der Waals surface area contributed by atoms with E-state index in [0.717, 1.165) is 6.07 Å². The highest BCUT2D eigenvalue weighted by atomic mass is 19.2. The number of nitrogens with one attached hydrogen (secondary N) is 2. The first-order valence-corrected chi connectivity index (χ1v) is 6.59. The number of hydrogen-bond acceptors (Lipinski definition) is 3. The fourth-order valence-electron chi connectivity index (χ4n) is 2.64. The Balaban J connectivity index is 1.81. The van der Waals surface area contributed by atoms with Gasteiger partial charge >= 0.3 is 0 Å². The van der Waals surface area contributed by atoms with Crippen LogP contribution in [-0.4, -0.2) is 39.4 Å². The molecule has 1 fully saturated rings. The summed E-state index contributed by atoms with van der Waals surface area (Å²) >= 11 is 0. The zero-order valence-corrected chi connectivity index (χ0v) is 10.9. The van der Waals surface area contributed by atoms with Crippen molar-refractivity contribution in [2.24, 2.45) is 0 Å². The van der Waals surface area contributed by atoms with E-state index in [9.17, 15) is 23.8 Å². The number of H-pyrrole nitrogens is 1. The van der Waals surface area contributed by atoms with Gasteiger partial charge in [0.15, 0.2) is 11.6 Å². The number of aliphatic hydroxyl groups is 2. The van der Waals surface area contributed by atoms with Crippen molar-refractivity contribution in [3.05, 3.63) is 35.5 Å². The van der Waals surface area contributed by atoms with Crippen molar-refractivity contribution in [1.29, 1.82) is 0 Å². The summed E-state index contributed by atoms with van der Waals surface area (Å²) in [5.74, 6) is -2.47. The van der Waals surface area contributed by atoms with Crippen LogP contribution in [0.1, 0.15) is 23.3 Å². The molecule has 112 valence electrons. The molecule has 1 aromatic carbocycles. The van der Waals surface area contributed by atoms with Gasteiger partial charge in [-0.05, 0) is 31.0 Å². The Morgan fingerprint density at radius 3 is 2.57 bits per heavy atom. The fraction of sp³-hybridized carbons (Fsp3) is 0.357. The van der Waals surface area contributed by atoms with Gasteiger partial charge in [-0.15, -0.1) is 0 Å². The number of aromatic nitrogens is 1. The number of hydrogen-bond donors (Lipinski definition) is 4. The van der Waals surface area contributed by atoms with Gasteiger partial charge in [0.1, 0.15) is 5.69 Å². The summed E-state index contributed by atoms with van der Waals surface area (Å²) < 4.78 is 26.7. The number of halogens is 2. The molecule has 0 bridgehead atoms. The molecule has 0 radical (unpaired) electrons. The first-order valence-electron chi connectivity index (χ1n) is 6.59. The van der Waals surface area contributed by atoms with Crippen LogP contribution in [0.2, 0.25) is 0 Å². The Kier molecular flexibility index (Phi) is 3.38. The predicted molar refractivity (Wildman–Crippen MR) is 70.7 cm³/mol. The maximum Gasteiger partial charge on any atom is 0.267 e. The van der Waals surface area contributed by atoms with Crippen molar-refractivity contribution < 1.29 is 23.8 Å². The molecule has 1 heterocycles. The minimum atomic E-state index is -1.01. The van der Waals surface area contributed by atoms with E-state index in [0.29, 0.717) is 5.52 Å². The Hall–Kier alpha value is -1.99. The van der Waals surface area contributed by atoms with E-state index in [1.165, 1.54) is 12.1 Å². The van der Waals surface area contributed by atoms with Crippen LogP contribution >= 0.6 is 0 Å². The number of carbonyl (C=O) groups is 1. The van der Waals surface area contributed by atoms with Crippen LogP contribution in [0.3, 0.4) is 0 Å². The molecule has 1 aliphatic carbocycles. The van der Waals surface area contributed by atoms with Gasteiger partial charge in [0, 0.05) is 16.9 Å². The van der Waals surface area contributed by atoms with Crippen LogP contribution in [0.5, 0.6) is 0 Å². The minimum absolute atomic E-state index is 0.00615. The molecule has 0 spiro atoms. The van der Waals surface area contributed by atoms with E-state index in [-0.39, 0.29) is 30.0 Å². The zero-order valence-electron chi connectivity index (χ0n) is 10.9. The van der Waals surface area contributed by atoms with Crippen LogP contribution in [0, 0.1) is 11.6 Å². The first kappa shape index (κ1) is 14.0. The van der Waals surface area contributed by atoms with Gasteiger partial charge < -0.3 is 20.5 Å². The normalized spacial score (nSPS) is 25.4. The summed E-state index contributed by atoms with van der Waals surface area (Å²) in [6.07, 6.45) is -1.19. The number of benzene rings is 1. The van der Waals surface area contributed by atoms with E-state index < -0.39 is 29.7 Å². The van der Waals surface area contributed by atoms with E-state index in [1.54, 1.807) is 0 Å². The molecular formula is C14H14F2N2O3. The zero-order chi connectivity index (χ0) is 15.1. The van der Waals surface area contributed by atoms with Gasteiger partial charge in [-0.2, -0.15) is 0 Å². The summed E-state index contributed by atoms with van der Waals surface area (Å²) in [5.41, 5.74) is 0.427. The van der Waals surface area contributed by atoms with Gasteiger partial charge in [-0.1, -0.05) is 0 Å². The van der Waals surface area contributed by atoms with Crippen LogP contribution in [0.15, 0.2) is 18.2 Å². The lowest BCUT2D eigenvalue weighted by molar-refractivity contribution is 0.0438. The summed E-state index contributed by atoms with van der Waals surface area (Å²) in [7, 11) is 0. The van der Waals surface area contributed by atoms with Crippen molar-refractivity contribution in [2.45, 2.75) is 31.1 Å². The fourth-order valence-corrected chi connectivity index (χ4v) is 2.64. The number of aromatic amines is 1. The maximum absolute atomic E-state index is 13.6. The number of aliphatic hydroxyl groups excluding tert-OH is 2. The Labute approximate surface area is 118 Å². The largest absolute Gasteiger partial charge is 0.390 e. The summed E-state index contributed by atoms with van der Waals surface area (Å²) in [6, 6.07) is 3.23. The highest BCUT2D eigenvalue weighted by Crippen LogP contribution is 2.23. The van der Waals surface area contributed by atoms with Crippen molar-refractivity contribution in [3.63, 3.8) is 0 Å². The average molecular weight is 296 g/mol. The molecule has 0 aliphatic heterocycles. The molecule has 0 saturated heterocycles. The second-order valence-electron chi connectivity index (χ2n) is 5.28. The SMILES string of the molecule is O=C(NC1C[C@@H](O)[C@@H](O)C1)c1cc2c(F)c(F)ccc2[nH]1. The topological polar surface area (TPSA) is 85.3 Å². The molecular weight excluding hydrogens is 282 g/mol. The van der Waals surface area contributed by atoms with E-state index >= 15 is 0 Å². The molecule has 1 saturated carbocycles. The lowest BCUT2D eigenvalue weighted by Crippen LogP contribution is -2.33. The second kappa shape index (κ2) is 5.09. The summed E-state index contributed by atoms with van der Waals surface area (Å²) in [6.45, 7) is 0. The molecule has 1 aliphatic rings. The lowest BCUT2D eigenvalue weighted by Gasteiger charge is -2.10. The predicted octanol–water partition coefficient (Wildman–Crippen LogP) is 1.06. The molecule has 3 atom stereocenters. The number of amides is 1. The Morgan fingerprint density at radius 1 is 1.24 bits per heavy atom. The van der Waals surface area contributed by atoms with Crippen molar-refractivity contribution >= 4 is 16.8 Å². The number of fused-ring (bicyclic) bond motifs is 1. The van der Waals surface area contributed by atoms with Gasteiger partial charge in [-0.25, -0.2) is 8.78 Å². The molecule has 1 aromatic heterocycles. The molecule has 21 heavy (non-hydrogen) atoms. The van der Waals surface area contributed by atoms with Gasteiger partial charge in [0.05, 0.1) is 12.2 Å². The molecule has 3 rings (SSSR count). The summed E-state index contributed by atoms with van der Waals surface area (Å²) in [5, 5.41) is 21.5. The molecule has 7 heteroatoms. The van der Waals surface area contributed by atoms with Crippen molar-refractivity contribution in [2.75, 3.05) is 0 Å². The monoisotopic (exact) mass is 296 g/mol. The van der Waals surface area contributed by atoms with Crippen LogP contribution in [0.25, 0.3) is 10.9 Å². The third-order valence-corrected chi connectivity index (χ3v) is 3.77. The Morgan fingerprint density at radius 2 is 1.90 bits per heavy atom. The Bertz CT molecular complexity index is 691. The van der Waals surface area contributed by atoms with E-state index in [4.69, 9.17) is 0 Å². The first-order chi connectivity index (χ1) is 9.95. The van der Waals surface area contributed by atoms with Crippen molar-refractivity contribution in [3.8, 4) is 0 Å². The third-order valence-electron chi connectivity index (χ3n) is 3.77. The van der Waals surface area contributed by atoms with Crippen molar-refractivity contribution in [1.82, 2.24) is 10.3 Å². The standard InChI is InChI=1S/C14H14F2N2O3/c15-8-1-2-9-7(13(8)16)5-10(18-9)14(21)17-6-3-11(19)12(20)4-6/h1-2,5-6,11-12,18-20H,3-4H2,(H,17,21)/t6?,11-,12+. The molecule has 4 N–H and O–H groups in total. The van der Waals surface area contributed by atoms with E-state index in [2.05, 4.69) is 10.3 Å². The highest BCUT2D eigenvalue weighted by Gasteiger charge is 2.32. The quantitative estimate of drug-likeness (QED) is 0.668. The van der Waals surface area contributed by atoms with Crippen LogP contribution in [-0.2, 0) is 0 Å². The number of rotatable bonds is 2. The lowest BCUT2D eigenvalue weighted by atomic mass is 10.2. The average Bonchev–Trinajstić information content (AvgIpc) is 2.99. The van der Waals surface area contributed by atoms with Crippen LogP contribution in [0.4, 0.5) is 8.78 Å². The molecule has 1 unspecified atom stereocenters. The smallest absolute Gasteiger partial charge is 0.267 e. The van der Waals surface area contributed by atoms with Gasteiger partial charge in [0.2, 0.25) is 0 Å². The number of carbonyl (C=O) groups excluding carboxylic acids is 1. The van der Waals surface area contributed by atoms with Gasteiger partial charge in [-0.3, -0.25) is 4.79 Å². The summed E-state index contributed by atoms with van der Waals surface area (Å²) in [4.78, 5) is 14.8. The second-order valence-corrected chi connectivity index (χ2v) is 5.28.